The summed E-state index contributed by atoms with van der Waals surface area (Å²) in [6.45, 7) is 20.3. The minimum atomic E-state index is -0.216. The van der Waals surface area contributed by atoms with Crippen LogP contribution in [0.15, 0.2) is 213 Å². The molecule has 21 heteroatoms. The minimum Gasteiger partial charge on any atom is -0.485 e. The molecule has 1 saturated heterocycles. The van der Waals surface area contributed by atoms with Gasteiger partial charge in [0.25, 0.3) is 5.24 Å². The molecule has 1 aliphatic heterocycles. The summed E-state index contributed by atoms with van der Waals surface area (Å²) in [6.07, 6.45) is 17.2. The van der Waals surface area contributed by atoms with E-state index >= 15 is 0 Å². The van der Waals surface area contributed by atoms with E-state index in [0.717, 1.165) is 102 Å². The van der Waals surface area contributed by atoms with Crippen molar-refractivity contribution in [2.45, 2.75) is 127 Å². The predicted molar refractivity (Wildman–Crippen MR) is 434 cm³/mol. The molecule has 111 heavy (non-hydrogen) atoms. The second-order valence-electron chi connectivity index (χ2n) is 25.0. The molecule has 6 heterocycles. The number of rotatable bonds is 32. The fraction of sp³-hybridized carbons (Fsp3) is 0.300. The van der Waals surface area contributed by atoms with E-state index in [4.69, 9.17) is 23.7 Å². The van der Waals surface area contributed by atoms with Crippen molar-refractivity contribution in [2.75, 3.05) is 52.6 Å². The average molecular weight is 1520 g/mol. The molecule has 1 aliphatic rings. The summed E-state index contributed by atoms with van der Waals surface area (Å²) < 4.78 is 32.0. The number of hydrogen-bond acceptors (Lipinski definition) is 20. The Morgan fingerprint density at radius 3 is 0.685 bits per heavy atom. The molecule has 0 unspecified atom stereocenters. The topological polar surface area (TPSA) is 260 Å². The van der Waals surface area contributed by atoms with Crippen LogP contribution in [0, 0.1) is 0 Å². The number of amides is 2. The molecule has 0 bridgehead atoms. The van der Waals surface area contributed by atoms with Crippen molar-refractivity contribution in [2.24, 2.45) is 0 Å². The number of hydrogen-bond donors (Lipinski definition) is 0. The number of aryl methyl sites for hydroxylation is 9. The van der Waals surface area contributed by atoms with Crippen molar-refractivity contribution >= 4 is 57.6 Å². The summed E-state index contributed by atoms with van der Waals surface area (Å²) in [5, 5.41) is -0.216. The van der Waals surface area contributed by atoms with E-state index in [1.807, 2.05) is 134 Å². The van der Waals surface area contributed by atoms with Gasteiger partial charge in [-0.05, 0) is 218 Å². The number of methoxy groups -OCH3 is 1. The first kappa shape index (κ1) is 88.2. The lowest BCUT2D eigenvalue weighted by Gasteiger charge is -2.09. The van der Waals surface area contributed by atoms with Gasteiger partial charge in [-0.1, -0.05) is 153 Å². The molecule has 0 N–H and O–H groups in total. The van der Waals surface area contributed by atoms with E-state index in [1.165, 1.54) is 36.3 Å². The first-order valence-corrected chi connectivity index (χ1v) is 38.2. The molecule has 0 saturated carbocycles. The maximum absolute atomic E-state index is 12.0. The fourth-order valence-corrected chi connectivity index (χ4v) is 10.5. The molecular formula is C90H100N6O14S. The lowest BCUT2D eigenvalue weighted by atomic mass is 10.1. The Morgan fingerprint density at radius 1 is 0.315 bits per heavy atom. The van der Waals surface area contributed by atoms with Gasteiger partial charge in [0, 0.05) is 43.7 Å². The number of imide groups is 1. The Kier molecular flexibility index (Phi) is 38.7. The number of carbonyl (C=O) groups excluding carboxylic acids is 8. The van der Waals surface area contributed by atoms with Crippen molar-refractivity contribution in [1.82, 2.24) is 29.8 Å². The third kappa shape index (κ3) is 31.1. The number of Topliss-reactive ketones (excluding diaryl/α,β-unsaturated/α-hetero) is 6. The molecule has 20 nitrogen and oxygen atoms in total. The molecule has 0 aliphatic carbocycles. The van der Waals surface area contributed by atoms with Crippen molar-refractivity contribution in [3.05, 3.63) is 297 Å². The molecule has 10 aromatic rings. The highest BCUT2D eigenvalue weighted by molar-refractivity contribution is 8.14. The van der Waals surface area contributed by atoms with Crippen LogP contribution in [-0.2, 0) is 67.3 Å². The monoisotopic (exact) mass is 1520 g/mol. The van der Waals surface area contributed by atoms with E-state index < -0.39 is 0 Å². The number of thioether (sulfide) groups is 1. The highest BCUT2D eigenvalue weighted by atomic mass is 32.2. The highest BCUT2D eigenvalue weighted by Crippen LogP contribution is 2.21. The van der Waals surface area contributed by atoms with Crippen molar-refractivity contribution in [3.63, 3.8) is 0 Å². The molecule has 2 amide bonds. The maximum Gasteiger partial charge on any atom is 0.290 e. The number of carbonyl (C=O) groups is 8. The zero-order chi connectivity index (χ0) is 80.3. The lowest BCUT2D eigenvalue weighted by molar-refractivity contribution is -0.127. The first-order valence-electron chi connectivity index (χ1n) is 37.2. The number of pyridine rings is 5. The van der Waals surface area contributed by atoms with E-state index in [0.29, 0.717) is 62.8 Å². The summed E-state index contributed by atoms with van der Waals surface area (Å²) in [5.74, 6) is 2.88. The zero-order valence-corrected chi connectivity index (χ0v) is 66.1. The third-order valence-corrected chi connectivity index (χ3v) is 18.0. The van der Waals surface area contributed by atoms with Gasteiger partial charge in [-0.25, -0.2) is 4.90 Å². The van der Waals surface area contributed by atoms with Crippen LogP contribution in [0.1, 0.15) is 182 Å². The summed E-state index contributed by atoms with van der Waals surface area (Å²) in [4.78, 5) is 114. The molecule has 0 radical (unpaired) electrons. The average Bonchev–Trinajstić information content (AvgIpc) is 1.25. The van der Waals surface area contributed by atoms with Crippen LogP contribution in [0.4, 0.5) is 4.79 Å². The van der Waals surface area contributed by atoms with Crippen molar-refractivity contribution in [3.8, 4) is 28.7 Å². The van der Waals surface area contributed by atoms with Gasteiger partial charge < -0.3 is 28.4 Å². The predicted octanol–water partition coefficient (Wildman–Crippen LogP) is 17.3. The molecule has 0 atom stereocenters. The van der Waals surface area contributed by atoms with Gasteiger partial charge in [0.1, 0.15) is 63.9 Å². The van der Waals surface area contributed by atoms with Crippen LogP contribution < -0.4 is 23.7 Å². The largest absolute Gasteiger partial charge is 0.485 e. The van der Waals surface area contributed by atoms with Gasteiger partial charge in [0.2, 0.25) is 34.8 Å². The normalized spacial score (nSPS) is 11.0. The Hall–Kier alpha value is -11.7. The van der Waals surface area contributed by atoms with Gasteiger partial charge in [0.05, 0.1) is 5.75 Å². The molecule has 580 valence electrons. The Balaban J connectivity index is 0.000000210. The maximum atomic E-state index is 12.0. The van der Waals surface area contributed by atoms with E-state index in [9.17, 15) is 38.4 Å². The second kappa shape index (κ2) is 48.7. The van der Waals surface area contributed by atoms with E-state index in [1.54, 1.807) is 85.6 Å². The quantitative estimate of drug-likeness (QED) is 0.0355. The smallest absolute Gasteiger partial charge is 0.290 e. The van der Waals surface area contributed by atoms with Crippen LogP contribution in [0.2, 0.25) is 0 Å². The van der Waals surface area contributed by atoms with Crippen LogP contribution >= 0.6 is 11.8 Å². The first-order chi connectivity index (χ1) is 53.7. The number of nitrogens with zero attached hydrogens (tertiary/aromatic N) is 6. The summed E-state index contributed by atoms with van der Waals surface area (Å²) in [6, 6.07) is 56.2. The zero-order valence-electron chi connectivity index (χ0n) is 65.3. The molecule has 5 aromatic carbocycles. The van der Waals surface area contributed by atoms with Gasteiger partial charge >= 0.3 is 0 Å². The van der Waals surface area contributed by atoms with Crippen LogP contribution in [-0.4, -0.2) is 128 Å². The summed E-state index contributed by atoms with van der Waals surface area (Å²) in [5.41, 5.74) is 13.4. The second-order valence-corrected chi connectivity index (χ2v) is 25.9. The number of benzene rings is 5. The number of aromatic nitrogens is 5. The Morgan fingerprint density at radius 2 is 0.523 bits per heavy atom. The van der Waals surface area contributed by atoms with Gasteiger partial charge in [0.15, 0.2) is 38.8 Å². The SMILES string of the molecule is CCc1ccc(C(=O)COc2ccc(C(C)=O)cc2)nc1.CCc1ccc(OCC(=O)c2ccc(CC)cn2)cc1.CCc1ccc(OCC(=O)c2ccc(CC)cn2)cc1.CCc1ccc(OCC(=O)c2ccc(CC)cn2)cc1.CCc1ccc(OCC(=O)c2ccc(CC)cn2)cc1.COCN1C(=O)CSC1=O. The molecule has 1 fully saturated rings. The molecule has 5 aromatic heterocycles. The molecule has 0 spiro atoms. The fourth-order valence-electron chi connectivity index (χ4n) is 9.81. The van der Waals surface area contributed by atoms with Crippen LogP contribution in [0.5, 0.6) is 28.7 Å². The summed E-state index contributed by atoms with van der Waals surface area (Å²) in [7, 11) is 1.45. The van der Waals surface area contributed by atoms with E-state index in [2.05, 4.69) is 85.0 Å². The molecule has 11 rings (SSSR count). The van der Waals surface area contributed by atoms with Crippen molar-refractivity contribution in [1.29, 1.82) is 0 Å². The van der Waals surface area contributed by atoms with Crippen LogP contribution in [0.25, 0.3) is 0 Å². The van der Waals surface area contributed by atoms with Gasteiger partial charge in [-0.2, -0.15) is 0 Å². The Labute approximate surface area is 656 Å². The minimum absolute atomic E-state index is 0.00200. The standard InChI is InChI=1S/C17H17NO3.4C17H19NO2.C5H7NO3S/c1-3-13-4-9-16(18-10-13)17(20)11-21-15-7-5-14(6-8-15)12(2)19;4*1-3-13-5-8-15(9-6-13)20-12-17(19)16-10-7-14(4-2)11-18-16;1-9-3-6-4(7)2-10-5(6)8/h4-10H,3,11H2,1-2H3;4*5-11H,3-4,12H2,1-2H3;2-3H2,1H3. The van der Waals surface area contributed by atoms with Gasteiger partial charge in [-0.15, -0.1) is 0 Å². The van der Waals surface area contributed by atoms with Gasteiger partial charge in [-0.3, -0.25) is 63.3 Å². The van der Waals surface area contributed by atoms with Crippen molar-refractivity contribution < 1.29 is 66.8 Å². The summed E-state index contributed by atoms with van der Waals surface area (Å²) >= 11 is 1.01. The number of ether oxygens (including phenoxy) is 6. The van der Waals surface area contributed by atoms with E-state index in [-0.39, 0.29) is 91.4 Å². The number of ketones is 6. The lowest BCUT2D eigenvalue weighted by Crippen LogP contribution is -2.30. The Bertz CT molecular complexity index is 4060. The molecular weight excluding hydrogens is 1420 g/mol. The third-order valence-electron chi connectivity index (χ3n) is 17.1. The highest BCUT2D eigenvalue weighted by Gasteiger charge is 2.29. The van der Waals surface area contributed by atoms with Crippen LogP contribution in [0.3, 0.4) is 0 Å².